The second-order valence-electron chi connectivity index (χ2n) is 4.57. The lowest BCUT2D eigenvalue weighted by Gasteiger charge is -2.06. The molecule has 0 aliphatic carbocycles. The van der Waals surface area contributed by atoms with Crippen molar-refractivity contribution in [3.05, 3.63) is 47.5 Å². The summed E-state index contributed by atoms with van der Waals surface area (Å²) in [6, 6.07) is 7.64. The highest BCUT2D eigenvalue weighted by Gasteiger charge is 2.14. The molecule has 0 saturated carbocycles. The Morgan fingerprint density at radius 3 is 2.70 bits per heavy atom. The topological polar surface area (TPSA) is 37.9 Å². The molecule has 0 unspecified atom stereocenters. The van der Waals surface area contributed by atoms with E-state index in [1.807, 2.05) is 25.1 Å². The summed E-state index contributed by atoms with van der Waals surface area (Å²) in [6.07, 6.45) is 0. The Bertz CT molecular complexity index is 796. The van der Waals surface area contributed by atoms with Crippen LogP contribution in [0.4, 0.5) is 8.78 Å². The normalized spacial score (nSPS) is 11.0. The summed E-state index contributed by atoms with van der Waals surface area (Å²) in [4.78, 5) is 7.12. The van der Waals surface area contributed by atoms with Crippen molar-refractivity contribution in [2.75, 3.05) is 7.11 Å². The number of aromatic nitrogens is 2. The smallest absolute Gasteiger partial charge is 0.153 e. The highest BCUT2D eigenvalue weighted by molar-refractivity contribution is 5.81. The Morgan fingerprint density at radius 2 is 1.95 bits per heavy atom. The number of aryl methyl sites for hydroxylation is 1. The number of ether oxygens (including phenoxy) is 1. The minimum absolute atomic E-state index is 0.116. The Kier molecular flexibility index (Phi) is 2.89. The van der Waals surface area contributed by atoms with Crippen molar-refractivity contribution in [3.63, 3.8) is 0 Å². The molecule has 1 heterocycles. The predicted molar refractivity (Wildman–Crippen MR) is 72.7 cm³/mol. The summed E-state index contributed by atoms with van der Waals surface area (Å²) < 4.78 is 32.2. The van der Waals surface area contributed by atoms with Gasteiger partial charge < -0.3 is 9.72 Å². The molecule has 0 radical (unpaired) electrons. The minimum Gasteiger partial charge on any atom is -0.496 e. The molecule has 3 rings (SSSR count). The first-order valence-electron chi connectivity index (χ1n) is 6.08. The van der Waals surface area contributed by atoms with Gasteiger partial charge in [-0.1, -0.05) is 11.6 Å². The molecule has 0 aliphatic rings. The summed E-state index contributed by atoms with van der Waals surface area (Å²) in [6.45, 7) is 1.94. The number of halogens is 2. The number of rotatable bonds is 2. The number of H-pyrrole nitrogens is 1. The van der Waals surface area contributed by atoms with Crippen molar-refractivity contribution < 1.29 is 13.5 Å². The molecule has 102 valence electrons. The fourth-order valence-electron chi connectivity index (χ4n) is 2.18. The molecule has 0 atom stereocenters. The van der Waals surface area contributed by atoms with Crippen LogP contribution in [-0.2, 0) is 0 Å². The third-order valence-electron chi connectivity index (χ3n) is 3.11. The van der Waals surface area contributed by atoms with Crippen LogP contribution in [0.3, 0.4) is 0 Å². The van der Waals surface area contributed by atoms with Crippen LogP contribution in [0.1, 0.15) is 5.56 Å². The number of nitrogens with zero attached hydrogens (tertiary/aromatic N) is 1. The molecular formula is C15H12F2N2O. The second kappa shape index (κ2) is 4.59. The van der Waals surface area contributed by atoms with E-state index in [0.717, 1.165) is 11.6 Å². The molecule has 0 spiro atoms. The van der Waals surface area contributed by atoms with Crippen LogP contribution < -0.4 is 4.74 Å². The van der Waals surface area contributed by atoms with Gasteiger partial charge in [0.2, 0.25) is 0 Å². The number of methoxy groups -OCH3 is 1. The van der Waals surface area contributed by atoms with Gasteiger partial charge in [-0.2, -0.15) is 0 Å². The van der Waals surface area contributed by atoms with Crippen LogP contribution in [0, 0.1) is 18.6 Å². The molecule has 5 heteroatoms. The third kappa shape index (κ3) is 2.01. The lowest BCUT2D eigenvalue weighted by atomic mass is 10.1. The number of benzene rings is 2. The first kappa shape index (κ1) is 12.6. The first-order valence-corrected chi connectivity index (χ1v) is 6.08. The van der Waals surface area contributed by atoms with Crippen molar-refractivity contribution in [1.82, 2.24) is 9.97 Å². The lowest BCUT2D eigenvalue weighted by Crippen LogP contribution is -1.90. The molecule has 0 saturated heterocycles. The summed E-state index contributed by atoms with van der Waals surface area (Å²) in [5.41, 5.74) is 2.17. The molecular weight excluding hydrogens is 262 g/mol. The molecule has 1 N–H and O–H groups in total. The van der Waals surface area contributed by atoms with Gasteiger partial charge >= 0.3 is 0 Å². The van der Waals surface area contributed by atoms with E-state index in [1.54, 1.807) is 7.11 Å². The highest BCUT2D eigenvalue weighted by Crippen LogP contribution is 2.31. The summed E-state index contributed by atoms with van der Waals surface area (Å²) in [5, 5.41) is 0. The average molecular weight is 274 g/mol. The van der Waals surface area contributed by atoms with E-state index in [4.69, 9.17) is 4.74 Å². The van der Waals surface area contributed by atoms with Gasteiger partial charge in [0.15, 0.2) is 5.82 Å². The zero-order chi connectivity index (χ0) is 14.3. The molecule has 0 bridgehead atoms. The number of aromatic amines is 1. The van der Waals surface area contributed by atoms with Crippen LogP contribution in [0.2, 0.25) is 0 Å². The van der Waals surface area contributed by atoms with Gasteiger partial charge in [0.25, 0.3) is 0 Å². The van der Waals surface area contributed by atoms with Crippen LogP contribution >= 0.6 is 0 Å². The van der Waals surface area contributed by atoms with Gasteiger partial charge in [0, 0.05) is 6.07 Å². The van der Waals surface area contributed by atoms with Crippen LogP contribution in [0.25, 0.3) is 22.4 Å². The van der Waals surface area contributed by atoms with E-state index in [1.165, 1.54) is 6.07 Å². The highest BCUT2D eigenvalue weighted by atomic mass is 19.1. The largest absolute Gasteiger partial charge is 0.496 e. The maximum absolute atomic E-state index is 13.7. The second-order valence-corrected chi connectivity index (χ2v) is 4.57. The van der Waals surface area contributed by atoms with E-state index < -0.39 is 11.6 Å². The van der Waals surface area contributed by atoms with Crippen molar-refractivity contribution in [1.29, 1.82) is 0 Å². The number of fused-ring (bicyclic) bond motifs is 1. The maximum atomic E-state index is 13.7. The number of imidazole rings is 1. The zero-order valence-corrected chi connectivity index (χ0v) is 11.0. The predicted octanol–water partition coefficient (Wildman–Crippen LogP) is 3.83. The summed E-state index contributed by atoms with van der Waals surface area (Å²) >= 11 is 0. The van der Waals surface area contributed by atoms with Gasteiger partial charge in [-0.25, -0.2) is 13.8 Å². The Balaban J connectivity index is 2.25. The van der Waals surface area contributed by atoms with Crippen LogP contribution in [0.5, 0.6) is 5.75 Å². The van der Waals surface area contributed by atoms with E-state index in [9.17, 15) is 8.78 Å². The SMILES string of the molecule is COc1ccc(C)cc1-c1nc2c(F)cc(F)cc2[nH]1. The van der Waals surface area contributed by atoms with Crippen molar-refractivity contribution in [2.24, 2.45) is 0 Å². The van der Waals surface area contributed by atoms with Crippen LogP contribution in [-0.4, -0.2) is 17.1 Å². The van der Waals surface area contributed by atoms with Gasteiger partial charge in [0.05, 0.1) is 18.2 Å². The Hall–Kier alpha value is -2.43. The Labute approximate surface area is 114 Å². The first-order chi connectivity index (χ1) is 9.58. The molecule has 0 aliphatic heterocycles. The third-order valence-corrected chi connectivity index (χ3v) is 3.11. The fourth-order valence-corrected chi connectivity index (χ4v) is 2.18. The molecule has 2 aromatic carbocycles. The minimum atomic E-state index is -0.686. The van der Waals surface area contributed by atoms with E-state index in [-0.39, 0.29) is 5.52 Å². The number of hydrogen-bond acceptors (Lipinski definition) is 2. The van der Waals surface area contributed by atoms with Crippen molar-refractivity contribution in [3.8, 4) is 17.1 Å². The fraction of sp³-hybridized carbons (Fsp3) is 0.133. The van der Waals surface area contributed by atoms with Gasteiger partial charge in [0.1, 0.15) is 22.9 Å². The van der Waals surface area contributed by atoms with Crippen molar-refractivity contribution >= 4 is 11.0 Å². The standard InChI is InChI=1S/C15H12F2N2O/c1-8-3-4-13(20-2)10(5-8)15-18-12-7-9(16)6-11(17)14(12)19-15/h3-7H,1-2H3,(H,18,19). The average Bonchev–Trinajstić information content (AvgIpc) is 2.82. The van der Waals surface area contributed by atoms with E-state index >= 15 is 0 Å². The number of hydrogen-bond donors (Lipinski definition) is 1. The van der Waals surface area contributed by atoms with Crippen LogP contribution in [0.15, 0.2) is 30.3 Å². The monoisotopic (exact) mass is 274 g/mol. The Morgan fingerprint density at radius 1 is 1.15 bits per heavy atom. The van der Waals surface area contributed by atoms with Crippen molar-refractivity contribution in [2.45, 2.75) is 6.92 Å². The van der Waals surface area contributed by atoms with Gasteiger partial charge in [-0.3, -0.25) is 0 Å². The molecule has 3 nitrogen and oxygen atoms in total. The van der Waals surface area contributed by atoms with E-state index in [0.29, 0.717) is 22.7 Å². The molecule has 20 heavy (non-hydrogen) atoms. The van der Waals surface area contributed by atoms with Gasteiger partial charge in [-0.15, -0.1) is 0 Å². The molecule has 0 amide bonds. The zero-order valence-electron chi connectivity index (χ0n) is 11.0. The quantitative estimate of drug-likeness (QED) is 0.771. The summed E-state index contributed by atoms with van der Waals surface area (Å²) in [7, 11) is 1.55. The molecule has 1 aromatic heterocycles. The molecule has 0 fully saturated rings. The summed E-state index contributed by atoms with van der Waals surface area (Å²) in [5.74, 6) is -0.254. The maximum Gasteiger partial charge on any atom is 0.153 e. The van der Waals surface area contributed by atoms with E-state index in [2.05, 4.69) is 9.97 Å². The van der Waals surface area contributed by atoms with Gasteiger partial charge in [-0.05, 0) is 25.1 Å². The molecule has 3 aromatic rings. The number of nitrogens with one attached hydrogen (secondary N) is 1. The lowest BCUT2D eigenvalue weighted by molar-refractivity contribution is 0.416.